The fraction of sp³-hybridized carbons (Fsp3) is 0.750. The molecule has 0 amide bonds. The molecule has 2 heterocycles. The lowest BCUT2D eigenvalue weighted by Gasteiger charge is -2.37. The molecular formula is C12H20N2OS. The number of aromatic nitrogens is 1. The highest BCUT2D eigenvalue weighted by atomic mass is 32.1. The van der Waals surface area contributed by atoms with E-state index in [2.05, 4.69) is 23.7 Å². The Hall–Kier alpha value is -0.450. The Morgan fingerprint density at radius 2 is 2.38 bits per heavy atom. The molecule has 1 aliphatic rings. The summed E-state index contributed by atoms with van der Waals surface area (Å²) in [7, 11) is 0. The van der Waals surface area contributed by atoms with Gasteiger partial charge in [0.2, 0.25) is 0 Å². The van der Waals surface area contributed by atoms with Crippen molar-refractivity contribution >= 4 is 11.3 Å². The molecule has 0 aliphatic carbocycles. The Kier molecular flexibility index (Phi) is 3.95. The van der Waals surface area contributed by atoms with Crippen molar-refractivity contribution in [1.29, 1.82) is 0 Å². The maximum atomic E-state index is 8.98. The van der Waals surface area contributed by atoms with Crippen molar-refractivity contribution in [3.05, 3.63) is 16.1 Å². The van der Waals surface area contributed by atoms with Crippen LogP contribution in [0.3, 0.4) is 0 Å². The number of likely N-dealkylation sites (tertiary alicyclic amines) is 1. The molecule has 0 bridgehead atoms. The predicted octanol–water partition coefficient (Wildman–Crippen LogP) is 2.26. The lowest BCUT2D eigenvalue weighted by molar-refractivity contribution is 0.106. The summed E-state index contributed by atoms with van der Waals surface area (Å²) in [6.07, 6.45) is 2.64. The van der Waals surface area contributed by atoms with Gasteiger partial charge < -0.3 is 5.11 Å². The highest BCUT2D eigenvalue weighted by Gasteiger charge is 2.25. The second kappa shape index (κ2) is 5.25. The normalized spacial score (nSPS) is 27.2. The largest absolute Gasteiger partial charge is 0.390 e. The van der Waals surface area contributed by atoms with Crippen molar-refractivity contribution in [3.63, 3.8) is 0 Å². The zero-order chi connectivity index (χ0) is 11.5. The van der Waals surface area contributed by atoms with E-state index in [1.807, 2.05) is 5.38 Å². The molecule has 2 unspecified atom stereocenters. The monoisotopic (exact) mass is 240 g/mol. The Labute approximate surface area is 101 Å². The summed E-state index contributed by atoms with van der Waals surface area (Å²) in [5.74, 6) is 0.783. The number of hydrogen-bond donors (Lipinski definition) is 1. The van der Waals surface area contributed by atoms with Crippen molar-refractivity contribution in [3.8, 4) is 0 Å². The van der Waals surface area contributed by atoms with Crippen molar-refractivity contribution in [2.45, 2.75) is 45.9 Å². The van der Waals surface area contributed by atoms with Crippen LogP contribution in [0.4, 0.5) is 0 Å². The molecule has 1 aromatic heterocycles. The van der Waals surface area contributed by atoms with Crippen LogP contribution in [0.15, 0.2) is 5.38 Å². The number of hydrogen-bond acceptors (Lipinski definition) is 4. The van der Waals surface area contributed by atoms with Crippen LogP contribution in [-0.2, 0) is 13.2 Å². The summed E-state index contributed by atoms with van der Waals surface area (Å²) in [5, 5.41) is 12.1. The van der Waals surface area contributed by atoms with Gasteiger partial charge in [0.05, 0.1) is 18.8 Å². The molecule has 90 valence electrons. The quantitative estimate of drug-likeness (QED) is 0.880. The summed E-state index contributed by atoms with van der Waals surface area (Å²) in [4.78, 5) is 6.92. The van der Waals surface area contributed by atoms with Crippen LogP contribution >= 0.6 is 11.3 Å². The first-order valence-corrected chi connectivity index (χ1v) is 6.87. The predicted molar refractivity (Wildman–Crippen MR) is 66.3 cm³/mol. The summed E-state index contributed by atoms with van der Waals surface area (Å²) < 4.78 is 0. The third-order valence-corrected chi connectivity index (χ3v) is 4.49. The molecule has 4 heteroatoms. The maximum absolute atomic E-state index is 8.98. The second-order valence-electron chi connectivity index (χ2n) is 4.72. The molecule has 0 aromatic carbocycles. The van der Waals surface area contributed by atoms with E-state index in [0.29, 0.717) is 6.04 Å². The van der Waals surface area contributed by atoms with E-state index in [1.54, 1.807) is 11.3 Å². The first-order valence-electron chi connectivity index (χ1n) is 5.99. The SMILES string of the molecule is CC1CCCN(Cc2nc(CO)cs2)C1C. The lowest BCUT2D eigenvalue weighted by Crippen LogP contribution is -2.41. The van der Waals surface area contributed by atoms with Crippen LogP contribution in [0, 0.1) is 5.92 Å². The summed E-state index contributed by atoms with van der Waals surface area (Å²) >= 11 is 1.66. The van der Waals surface area contributed by atoms with Gasteiger partial charge in [-0.3, -0.25) is 4.90 Å². The van der Waals surface area contributed by atoms with Gasteiger partial charge in [-0.15, -0.1) is 11.3 Å². The number of aliphatic hydroxyl groups excluding tert-OH is 1. The molecule has 2 atom stereocenters. The first-order chi connectivity index (χ1) is 7.70. The van der Waals surface area contributed by atoms with Crippen LogP contribution in [0.2, 0.25) is 0 Å². The van der Waals surface area contributed by atoms with Crippen LogP contribution in [-0.4, -0.2) is 27.6 Å². The fourth-order valence-corrected chi connectivity index (χ4v) is 3.12. The van der Waals surface area contributed by atoms with Gasteiger partial charge in [0.1, 0.15) is 5.01 Å². The Bertz CT molecular complexity index is 340. The molecular weight excluding hydrogens is 220 g/mol. The molecule has 2 rings (SSSR count). The topological polar surface area (TPSA) is 36.4 Å². The zero-order valence-corrected chi connectivity index (χ0v) is 10.8. The molecule has 0 radical (unpaired) electrons. The van der Waals surface area contributed by atoms with E-state index in [4.69, 9.17) is 5.11 Å². The Morgan fingerprint density at radius 3 is 3.06 bits per heavy atom. The van der Waals surface area contributed by atoms with Crippen LogP contribution in [0.5, 0.6) is 0 Å². The molecule has 1 aromatic rings. The fourth-order valence-electron chi connectivity index (χ4n) is 2.31. The lowest BCUT2D eigenvalue weighted by atomic mass is 9.92. The van der Waals surface area contributed by atoms with Gasteiger partial charge in [0.15, 0.2) is 0 Å². The van der Waals surface area contributed by atoms with Crippen molar-refractivity contribution in [2.75, 3.05) is 6.54 Å². The average Bonchev–Trinajstić information content (AvgIpc) is 2.73. The van der Waals surface area contributed by atoms with Crippen molar-refractivity contribution < 1.29 is 5.11 Å². The summed E-state index contributed by atoms with van der Waals surface area (Å²) in [6.45, 7) is 6.82. The van der Waals surface area contributed by atoms with Gasteiger partial charge in [0.25, 0.3) is 0 Å². The molecule has 1 aliphatic heterocycles. The average molecular weight is 240 g/mol. The highest BCUT2D eigenvalue weighted by Crippen LogP contribution is 2.25. The van der Waals surface area contributed by atoms with Crippen LogP contribution in [0.25, 0.3) is 0 Å². The number of nitrogens with zero attached hydrogens (tertiary/aromatic N) is 2. The Morgan fingerprint density at radius 1 is 1.56 bits per heavy atom. The minimum Gasteiger partial charge on any atom is -0.390 e. The molecule has 1 N–H and O–H groups in total. The van der Waals surface area contributed by atoms with E-state index < -0.39 is 0 Å². The molecule has 16 heavy (non-hydrogen) atoms. The standard InChI is InChI=1S/C12H20N2OS/c1-9-4-3-5-14(10(9)2)6-12-13-11(7-15)8-16-12/h8-10,15H,3-7H2,1-2H3. The molecule has 1 saturated heterocycles. The van der Waals surface area contributed by atoms with Gasteiger partial charge in [-0.25, -0.2) is 4.98 Å². The number of piperidine rings is 1. The minimum absolute atomic E-state index is 0.0580. The van der Waals surface area contributed by atoms with Gasteiger partial charge in [-0.1, -0.05) is 6.92 Å². The van der Waals surface area contributed by atoms with Crippen molar-refractivity contribution in [1.82, 2.24) is 9.88 Å². The van der Waals surface area contributed by atoms with Crippen LogP contribution < -0.4 is 0 Å². The molecule has 3 nitrogen and oxygen atoms in total. The third kappa shape index (κ3) is 2.62. The van der Waals surface area contributed by atoms with E-state index in [9.17, 15) is 0 Å². The van der Waals surface area contributed by atoms with Gasteiger partial charge >= 0.3 is 0 Å². The second-order valence-corrected chi connectivity index (χ2v) is 5.66. The highest BCUT2D eigenvalue weighted by molar-refractivity contribution is 7.09. The summed E-state index contributed by atoms with van der Waals surface area (Å²) in [5.41, 5.74) is 0.803. The van der Waals surface area contributed by atoms with E-state index in [-0.39, 0.29) is 6.61 Å². The third-order valence-electron chi connectivity index (χ3n) is 3.60. The minimum atomic E-state index is 0.0580. The first kappa shape index (κ1) is 12.0. The van der Waals surface area contributed by atoms with Gasteiger partial charge in [0, 0.05) is 11.4 Å². The van der Waals surface area contributed by atoms with Crippen molar-refractivity contribution in [2.24, 2.45) is 5.92 Å². The van der Waals surface area contributed by atoms with E-state index >= 15 is 0 Å². The molecule has 0 spiro atoms. The molecule has 0 saturated carbocycles. The summed E-state index contributed by atoms with van der Waals surface area (Å²) in [6, 6.07) is 0.648. The number of aliphatic hydroxyl groups is 1. The maximum Gasteiger partial charge on any atom is 0.107 e. The number of thiazole rings is 1. The van der Waals surface area contributed by atoms with Gasteiger partial charge in [-0.05, 0) is 32.2 Å². The van der Waals surface area contributed by atoms with Gasteiger partial charge in [-0.2, -0.15) is 0 Å². The molecule has 1 fully saturated rings. The van der Waals surface area contributed by atoms with E-state index in [0.717, 1.165) is 23.2 Å². The Balaban J connectivity index is 1.97. The smallest absolute Gasteiger partial charge is 0.107 e. The number of rotatable bonds is 3. The van der Waals surface area contributed by atoms with E-state index in [1.165, 1.54) is 19.4 Å². The van der Waals surface area contributed by atoms with Crippen LogP contribution in [0.1, 0.15) is 37.4 Å². The zero-order valence-electron chi connectivity index (χ0n) is 10.0.